The zero-order valence-electron chi connectivity index (χ0n) is 11.6. The number of rotatable bonds is 2. The van der Waals surface area contributed by atoms with Gasteiger partial charge in [-0.3, -0.25) is 0 Å². The Morgan fingerprint density at radius 2 is 2.00 bits per heavy atom. The molecule has 0 saturated heterocycles. The largest absolute Gasteiger partial charge is 0.207 e. The third kappa shape index (κ3) is 2.42. The molecule has 0 aliphatic heterocycles. The lowest BCUT2D eigenvalue weighted by Gasteiger charge is -2.40. The Balaban J connectivity index is 1.86. The molecule has 104 valence electrons. The van der Waals surface area contributed by atoms with Crippen LogP contribution >= 0.6 is 0 Å². The molecule has 0 bridgehead atoms. The van der Waals surface area contributed by atoms with Crippen LogP contribution in [0.15, 0.2) is 12.1 Å². The molecule has 2 aliphatic carbocycles. The van der Waals surface area contributed by atoms with E-state index in [-0.39, 0.29) is 5.82 Å². The first-order valence-electron chi connectivity index (χ1n) is 7.66. The monoisotopic (exact) mass is 264 g/mol. The summed E-state index contributed by atoms with van der Waals surface area (Å²) in [5.74, 6) is 1.16. The summed E-state index contributed by atoms with van der Waals surface area (Å²) in [7, 11) is 0. The molecule has 0 N–H and O–H groups in total. The Bertz CT molecular complexity index is 467. The van der Waals surface area contributed by atoms with Crippen LogP contribution in [0.4, 0.5) is 8.78 Å². The third-order valence-electron chi connectivity index (χ3n) is 5.15. The van der Waals surface area contributed by atoms with Crippen LogP contribution in [-0.4, -0.2) is 0 Å². The minimum Gasteiger partial charge on any atom is -0.207 e. The second kappa shape index (κ2) is 5.22. The highest BCUT2D eigenvalue weighted by Gasteiger charge is 2.36. The van der Waals surface area contributed by atoms with Crippen LogP contribution in [0.5, 0.6) is 0 Å². The van der Waals surface area contributed by atoms with Gasteiger partial charge in [-0.05, 0) is 67.1 Å². The van der Waals surface area contributed by atoms with E-state index >= 15 is 0 Å². The number of halogens is 2. The number of benzene rings is 1. The van der Waals surface area contributed by atoms with Crippen LogP contribution in [0.1, 0.15) is 62.5 Å². The van der Waals surface area contributed by atoms with E-state index in [2.05, 4.69) is 6.92 Å². The summed E-state index contributed by atoms with van der Waals surface area (Å²) >= 11 is 0. The van der Waals surface area contributed by atoms with Crippen molar-refractivity contribution in [1.82, 2.24) is 0 Å². The van der Waals surface area contributed by atoms with Crippen molar-refractivity contribution >= 4 is 0 Å². The van der Waals surface area contributed by atoms with Crippen molar-refractivity contribution in [3.8, 4) is 0 Å². The van der Waals surface area contributed by atoms with Gasteiger partial charge in [0.25, 0.3) is 0 Å². The molecule has 0 nitrogen and oxygen atoms in total. The molecular formula is C17H22F2. The van der Waals surface area contributed by atoms with Gasteiger partial charge in [0.2, 0.25) is 0 Å². The highest BCUT2D eigenvalue weighted by molar-refractivity contribution is 5.35. The fourth-order valence-corrected chi connectivity index (χ4v) is 4.31. The maximum absolute atomic E-state index is 13.8. The summed E-state index contributed by atoms with van der Waals surface area (Å²) in [6.07, 6.45) is 8.05. The first-order chi connectivity index (χ1) is 9.19. The van der Waals surface area contributed by atoms with E-state index in [1.807, 2.05) is 0 Å². The predicted molar refractivity (Wildman–Crippen MR) is 73.2 cm³/mol. The number of hydrogen-bond acceptors (Lipinski definition) is 0. The molecule has 1 saturated carbocycles. The summed E-state index contributed by atoms with van der Waals surface area (Å²) in [5.41, 5.74) is 1.76. The lowest BCUT2D eigenvalue weighted by Crippen LogP contribution is -2.28. The van der Waals surface area contributed by atoms with E-state index in [0.717, 1.165) is 42.4 Å². The fraction of sp³-hybridized carbons (Fsp3) is 0.647. The average Bonchev–Trinajstić information content (AvgIpc) is 2.38. The van der Waals surface area contributed by atoms with Crippen LogP contribution in [0.3, 0.4) is 0 Å². The summed E-state index contributed by atoms with van der Waals surface area (Å²) < 4.78 is 27.3. The molecule has 0 aromatic heterocycles. The van der Waals surface area contributed by atoms with Crippen molar-refractivity contribution in [3.05, 3.63) is 34.9 Å². The van der Waals surface area contributed by atoms with Crippen molar-refractivity contribution in [1.29, 1.82) is 0 Å². The van der Waals surface area contributed by atoms with Crippen molar-refractivity contribution in [3.63, 3.8) is 0 Å². The van der Waals surface area contributed by atoms with Crippen molar-refractivity contribution in [2.24, 2.45) is 11.8 Å². The maximum Gasteiger partial charge on any atom is 0.129 e. The number of fused-ring (bicyclic) bond motifs is 3. The highest BCUT2D eigenvalue weighted by Crippen LogP contribution is 2.48. The van der Waals surface area contributed by atoms with Gasteiger partial charge < -0.3 is 0 Å². The predicted octanol–water partition coefficient (Wildman–Crippen LogP) is 5.21. The maximum atomic E-state index is 13.8. The van der Waals surface area contributed by atoms with Gasteiger partial charge >= 0.3 is 0 Å². The van der Waals surface area contributed by atoms with E-state index in [9.17, 15) is 8.78 Å². The number of hydrogen-bond donors (Lipinski definition) is 0. The Morgan fingerprint density at radius 1 is 1.16 bits per heavy atom. The van der Waals surface area contributed by atoms with Gasteiger partial charge in [-0.2, -0.15) is 0 Å². The molecule has 1 aromatic rings. The Hall–Kier alpha value is -0.920. The van der Waals surface area contributed by atoms with Crippen LogP contribution in [-0.2, 0) is 6.42 Å². The van der Waals surface area contributed by atoms with Crippen molar-refractivity contribution < 1.29 is 8.78 Å². The minimum absolute atomic E-state index is 0.330. The smallest absolute Gasteiger partial charge is 0.129 e. The zero-order chi connectivity index (χ0) is 13.4. The lowest BCUT2D eigenvalue weighted by molar-refractivity contribution is 0.199. The lowest BCUT2D eigenvalue weighted by atomic mass is 9.64. The Kier molecular flexibility index (Phi) is 3.60. The topological polar surface area (TPSA) is 0 Å². The summed E-state index contributed by atoms with van der Waals surface area (Å²) in [6, 6.07) is 2.64. The van der Waals surface area contributed by atoms with Gasteiger partial charge in [0.1, 0.15) is 11.6 Å². The quantitative estimate of drug-likeness (QED) is 0.687. The SMILES string of the molecule is CCCC1CCC2c3cc(F)cc(F)c3CCC2C1. The molecular weight excluding hydrogens is 242 g/mol. The Morgan fingerprint density at radius 3 is 2.79 bits per heavy atom. The molecule has 3 atom stereocenters. The summed E-state index contributed by atoms with van der Waals surface area (Å²) in [5, 5.41) is 0. The normalized spacial score (nSPS) is 29.7. The van der Waals surface area contributed by atoms with Crippen LogP contribution in [0.25, 0.3) is 0 Å². The second-order valence-electron chi connectivity index (χ2n) is 6.33. The van der Waals surface area contributed by atoms with E-state index in [1.165, 1.54) is 25.7 Å². The van der Waals surface area contributed by atoms with Gasteiger partial charge in [-0.1, -0.05) is 19.8 Å². The Labute approximate surface area is 114 Å². The zero-order valence-corrected chi connectivity index (χ0v) is 11.6. The van der Waals surface area contributed by atoms with Gasteiger partial charge in [0.05, 0.1) is 0 Å². The fourth-order valence-electron chi connectivity index (χ4n) is 4.31. The summed E-state index contributed by atoms with van der Waals surface area (Å²) in [4.78, 5) is 0. The van der Waals surface area contributed by atoms with Crippen molar-refractivity contribution in [2.75, 3.05) is 0 Å². The molecule has 1 aromatic carbocycles. The van der Waals surface area contributed by atoms with Crippen LogP contribution in [0, 0.1) is 23.5 Å². The van der Waals surface area contributed by atoms with Gasteiger partial charge in [0, 0.05) is 6.07 Å². The van der Waals surface area contributed by atoms with E-state index in [0.29, 0.717) is 11.8 Å². The molecule has 3 unspecified atom stereocenters. The van der Waals surface area contributed by atoms with E-state index < -0.39 is 5.82 Å². The molecule has 1 fully saturated rings. The van der Waals surface area contributed by atoms with Gasteiger partial charge in [0.15, 0.2) is 0 Å². The van der Waals surface area contributed by atoms with E-state index in [1.54, 1.807) is 6.07 Å². The second-order valence-corrected chi connectivity index (χ2v) is 6.33. The molecule has 2 heteroatoms. The average molecular weight is 264 g/mol. The first-order valence-corrected chi connectivity index (χ1v) is 7.66. The van der Waals surface area contributed by atoms with E-state index in [4.69, 9.17) is 0 Å². The van der Waals surface area contributed by atoms with Gasteiger partial charge in [-0.15, -0.1) is 0 Å². The first kappa shape index (κ1) is 13.1. The standard InChI is InChI=1S/C17H22F2/c1-2-3-11-4-6-14-12(8-11)5-7-15-16(14)9-13(18)10-17(15)19/h9-12,14H,2-8H2,1H3. The molecule has 3 rings (SSSR count). The molecule has 0 amide bonds. The van der Waals surface area contributed by atoms with Crippen LogP contribution < -0.4 is 0 Å². The molecule has 19 heavy (non-hydrogen) atoms. The summed E-state index contributed by atoms with van der Waals surface area (Å²) in [6.45, 7) is 2.24. The minimum atomic E-state index is -0.410. The van der Waals surface area contributed by atoms with Crippen molar-refractivity contribution in [2.45, 2.75) is 57.8 Å². The molecule has 0 radical (unpaired) electrons. The molecule has 2 aliphatic rings. The van der Waals surface area contributed by atoms with Gasteiger partial charge in [-0.25, -0.2) is 8.78 Å². The van der Waals surface area contributed by atoms with Crippen LogP contribution in [0.2, 0.25) is 0 Å². The molecule has 0 heterocycles. The third-order valence-corrected chi connectivity index (χ3v) is 5.15. The molecule has 0 spiro atoms. The highest BCUT2D eigenvalue weighted by atomic mass is 19.1.